The molecule has 3 heterocycles. The lowest BCUT2D eigenvalue weighted by atomic mass is 10.2. The molecule has 0 N–H and O–H groups in total. The summed E-state index contributed by atoms with van der Waals surface area (Å²) < 4.78 is 66.1. The van der Waals surface area contributed by atoms with Crippen molar-refractivity contribution in [1.29, 1.82) is 0 Å². The van der Waals surface area contributed by atoms with Crippen molar-refractivity contribution in [2.24, 2.45) is 0 Å². The summed E-state index contributed by atoms with van der Waals surface area (Å²) >= 11 is 1.20. The predicted octanol–water partition coefficient (Wildman–Crippen LogP) is 4.72. The van der Waals surface area contributed by atoms with Crippen LogP contribution in [-0.4, -0.2) is 54.6 Å². The van der Waals surface area contributed by atoms with Crippen LogP contribution in [0.1, 0.15) is 16.1 Å². The first-order chi connectivity index (χ1) is 16.9. The summed E-state index contributed by atoms with van der Waals surface area (Å²) in [5.41, 5.74) is -0.361. The molecule has 0 saturated carbocycles. The maximum Gasteiger partial charge on any atom is 0.420 e. The summed E-state index contributed by atoms with van der Waals surface area (Å²) in [6, 6.07) is 13.1. The smallest absolute Gasteiger partial charge is 0.274 e. The van der Waals surface area contributed by atoms with Crippen LogP contribution in [0, 0.1) is 0 Å². The summed E-state index contributed by atoms with van der Waals surface area (Å²) in [5, 5.41) is 5.04. The summed E-state index contributed by atoms with van der Waals surface area (Å²) in [6.07, 6.45) is -2.41. The molecule has 0 spiro atoms. The first kappa shape index (κ1) is 25.5. The van der Waals surface area contributed by atoms with E-state index in [0.29, 0.717) is 15.3 Å². The largest absolute Gasteiger partial charge is 0.420 e. The third-order valence-corrected chi connectivity index (χ3v) is 7.45. The molecule has 1 amide bonds. The van der Waals surface area contributed by atoms with Gasteiger partial charge in [0.15, 0.2) is 21.3 Å². The first-order valence-corrected chi connectivity index (χ1v) is 13.0. The van der Waals surface area contributed by atoms with Gasteiger partial charge < -0.3 is 0 Å². The SMILES string of the molecule is CON(C)C(=O)c1cc(-c2ccc(-c3cccc(S(C)(=O)=O)c3)s2)n(-c2ncccc2C(F)(F)F)n1. The highest BCUT2D eigenvalue weighted by Gasteiger charge is 2.36. The molecule has 0 saturated heterocycles. The Hall–Kier alpha value is -3.55. The minimum Gasteiger partial charge on any atom is -0.274 e. The van der Waals surface area contributed by atoms with Gasteiger partial charge in [0.2, 0.25) is 0 Å². The second-order valence-electron chi connectivity index (χ2n) is 7.65. The van der Waals surface area contributed by atoms with Gasteiger partial charge in [-0.05, 0) is 48.0 Å². The Morgan fingerprint density at radius 1 is 1.08 bits per heavy atom. The Labute approximate surface area is 208 Å². The number of benzene rings is 1. The van der Waals surface area contributed by atoms with E-state index in [4.69, 9.17) is 4.84 Å². The number of aromatic nitrogens is 3. The van der Waals surface area contributed by atoms with Gasteiger partial charge in [-0.1, -0.05) is 12.1 Å². The molecule has 4 rings (SSSR count). The molecule has 0 radical (unpaired) electrons. The summed E-state index contributed by atoms with van der Waals surface area (Å²) in [4.78, 5) is 22.8. The quantitative estimate of drug-likeness (QED) is 0.331. The van der Waals surface area contributed by atoms with Gasteiger partial charge in [0, 0.05) is 24.4 Å². The van der Waals surface area contributed by atoms with E-state index in [1.165, 1.54) is 49.9 Å². The maximum absolute atomic E-state index is 13.8. The van der Waals surface area contributed by atoms with Crippen LogP contribution >= 0.6 is 11.3 Å². The average Bonchev–Trinajstić information content (AvgIpc) is 3.50. The number of halogens is 3. The molecule has 0 aliphatic carbocycles. The molecule has 0 atom stereocenters. The van der Waals surface area contributed by atoms with E-state index in [9.17, 15) is 26.4 Å². The van der Waals surface area contributed by atoms with Crippen molar-refractivity contribution in [3.05, 3.63) is 72.1 Å². The minimum absolute atomic E-state index is 0.138. The van der Waals surface area contributed by atoms with E-state index >= 15 is 0 Å². The molecule has 13 heteroatoms. The number of sulfone groups is 1. The number of hydrogen-bond donors (Lipinski definition) is 0. The van der Waals surface area contributed by atoms with E-state index in [1.54, 1.807) is 24.3 Å². The first-order valence-electron chi connectivity index (χ1n) is 10.3. The van der Waals surface area contributed by atoms with E-state index in [-0.39, 0.29) is 16.3 Å². The number of hydrogen-bond acceptors (Lipinski definition) is 7. The van der Waals surface area contributed by atoms with Crippen molar-refractivity contribution >= 4 is 27.1 Å². The van der Waals surface area contributed by atoms with Crippen molar-refractivity contribution < 1.29 is 31.2 Å². The third kappa shape index (κ3) is 5.03. The fourth-order valence-corrected chi connectivity index (χ4v) is 5.04. The molecule has 8 nitrogen and oxygen atoms in total. The van der Waals surface area contributed by atoms with Crippen molar-refractivity contribution in [2.75, 3.05) is 20.4 Å². The summed E-state index contributed by atoms with van der Waals surface area (Å²) in [5.74, 6) is -1.16. The number of carbonyl (C=O) groups is 1. The van der Waals surface area contributed by atoms with Gasteiger partial charge in [-0.3, -0.25) is 9.63 Å². The Bertz CT molecular complexity index is 1540. The number of amides is 1. The minimum atomic E-state index is -4.72. The lowest BCUT2D eigenvalue weighted by Crippen LogP contribution is -2.26. The van der Waals surface area contributed by atoms with Gasteiger partial charge in [0.25, 0.3) is 5.91 Å². The number of alkyl halides is 3. The van der Waals surface area contributed by atoms with Crippen LogP contribution < -0.4 is 0 Å². The van der Waals surface area contributed by atoms with Gasteiger partial charge >= 0.3 is 6.18 Å². The Balaban J connectivity index is 1.88. The Morgan fingerprint density at radius 3 is 2.47 bits per heavy atom. The fraction of sp³-hybridized carbons (Fsp3) is 0.174. The molecule has 4 aromatic rings. The average molecular weight is 537 g/mol. The Kier molecular flexibility index (Phi) is 6.73. The molecule has 0 bridgehead atoms. The highest BCUT2D eigenvalue weighted by Crippen LogP contribution is 2.38. The van der Waals surface area contributed by atoms with Crippen molar-refractivity contribution in [1.82, 2.24) is 19.8 Å². The van der Waals surface area contributed by atoms with E-state index in [0.717, 1.165) is 28.1 Å². The second kappa shape index (κ2) is 9.48. The summed E-state index contributed by atoms with van der Waals surface area (Å²) in [7, 11) is -0.817. The fourth-order valence-electron chi connectivity index (χ4n) is 3.36. The summed E-state index contributed by atoms with van der Waals surface area (Å²) in [6.45, 7) is 0. The molecule has 0 fully saturated rings. The Morgan fingerprint density at radius 2 is 1.81 bits per heavy atom. The maximum atomic E-state index is 13.8. The monoisotopic (exact) mass is 536 g/mol. The topological polar surface area (TPSA) is 94.4 Å². The predicted molar refractivity (Wildman–Crippen MR) is 127 cm³/mol. The number of pyridine rings is 1. The highest BCUT2D eigenvalue weighted by atomic mass is 32.2. The van der Waals surface area contributed by atoms with E-state index in [1.807, 2.05) is 0 Å². The van der Waals surface area contributed by atoms with Gasteiger partial charge in [-0.25, -0.2) is 23.1 Å². The number of thiophene rings is 1. The number of hydroxylamine groups is 2. The second-order valence-corrected chi connectivity index (χ2v) is 10.7. The molecular formula is C23H19F3N4O4S2. The zero-order chi connectivity index (χ0) is 26.3. The van der Waals surface area contributed by atoms with Crippen molar-refractivity contribution in [2.45, 2.75) is 11.1 Å². The van der Waals surface area contributed by atoms with Crippen LogP contribution in [0.5, 0.6) is 0 Å². The van der Waals surface area contributed by atoms with Crippen molar-refractivity contribution in [3.8, 4) is 26.8 Å². The van der Waals surface area contributed by atoms with Crippen LogP contribution in [0.4, 0.5) is 13.2 Å². The molecular weight excluding hydrogens is 517 g/mol. The molecule has 188 valence electrons. The van der Waals surface area contributed by atoms with E-state index in [2.05, 4.69) is 10.1 Å². The molecule has 3 aromatic heterocycles. The number of carbonyl (C=O) groups excluding carboxylic acids is 1. The normalized spacial score (nSPS) is 12.1. The lowest BCUT2D eigenvalue weighted by molar-refractivity contribution is -0.137. The molecule has 0 aliphatic rings. The van der Waals surface area contributed by atoms with Gasteiger partial charge in [0.05, 0.1) is 22.6 Å². The molecule has 1 aromatic carbocycles. The third-order valence-electron chi connectivity index (χ3n) is 5.19. The standard InChI is InChI=1S/C23H19F3N4O4S2/c1-29(34-2)22(31)17-13-18(30(28-17)21-16(23(24,25)26)8-5-11-27-21)20-10-9-19(35-20)14-6-4-7-15(12-14)36(3,32)33/h4-13H,1-3H3. The van der Waals surface area contributed by atoms with E-state index < -0.39 is 33.3 Å². The highest BCUT2D eigenvalue weighted by molar-refractivity contribution is 7.90. The molecule has 0 aliphatic heterocycles. The zero-order valence-corrected chi connectivity index (χ0v) is 20.8. The van der Waals surface area contributed by atoms with Gasteiger partial charge in [-0.2, -0.15) is 18.3 Å². The van der Waals surface area contributed by atoms with Crippen molar-refractivity contribution in [3.63, 3.8) is 0 Å². The lowest BCUT2D eigenvalue weighted by Gasteiger charge is -2.13. The number of rotatable bonds is 6. The molecule has 0 unspecified atom stereocenters. The van der Waals surface area contributed by atoms with Crippen LogP contribution in [0.15, 0.2) is 65.7 Å². The molecule has 36 heavy (non-hydrogen) atoms. The van der Waals surface area contributed by atoms with Crippen LogP contribution in [-0.2, 0) is 20.9 Å². The van der Waals surface area contributed by atoms with Gasteiger partial charge in [-0.15, -0.1) is 11.3 Å². The zero-order valence-electron chi connectivity index (χ0n) is 19.1. The van der Waals surface area contributed by atoms with Crippen LogP contribution in [0.25, 0.3) is 26.8 Å². The number of nitrogens with zero attached hydrogens (tertiary/aromatic N) is 4. The van der Waals surface area contributed by atoms with Gasteiger partial charge in [0.1, 0.15) is 5.56 Å². The van der Waals surface area contributed by atoms with Crippen LogP contribution in [0.2, 0.25) is 0 Å². The van der Waals surface area contributed by atoms with Crippen LogP contribution in [0.3, 0.4) is 0 Å².